The first-order chi connectivity index (χ1) is 10.7. The molecule has 0 bridgehead atoms. The van der Waals surface area contributed by atoms with E-state index in [1.165, 1.54) is 11.1 Å². The summed E-state index contributed by atoms with van der Waals surface area (Å²) < 4.78 is 11.4. The standard InChI is InChI=1S/C18H19NO3/c1-13-10-15(11-21-13)17(20)19-8-9-22-18(12-19)7-6-14-4-2-3-5-16(14)18/h2-5,10-11H,6-9,12H2,1H3. The highest BCUT2D eigenvalue weighted by Crippen LogP contribution is 2.42. The van der Waals surface area contributed by atoms with Crippen molar-refractivity contribution in [2.45, 2.75) is 25.4 Å². The molecule has 1 saturated heterocycles. The Kier molecular flexibility index (Phi) is 3.08. The molecule has 4 nitrogen and oxygen atoms in total. The van der Waals surface area contributed by atoms with Gasteiger partial charge in [0.1, 0.15) is 17.6 Å². The van der Waals surface area contributed by atoms with E-state index in [-0.39, 0.29) is 11.5 Å². The Bertz CT molecular complexity index is 717. The van der Waals surface area contributed by atoms with E-state index in [1.807, 2.05) is 11.8 Å². The molecule has 1 aliphatic carbocycles. The van der Waals surface area contributed by atoms with Crippen LogP contribution in [0.25, 0.3) is 0 Å². The molecule has 0 saturated carbocycles. The van der Waals surface area contributed by atoms with Crippen molar-refractivity contribution >= 4 is 5.91 Å². The molecule has 2 aliphatic rings. The van der Waals surface area contributed by atoms with Gasteiger partial charge < -0.3 is 14.1 Å². The summed E-state index contributed by atoms with van der Waals surface area (Å²) in [6.07, 6.45) is 3.51. The topological polar surface area (TPSA) is 42.7 Å². The maximum atomic E-state index is 12.7. The van der Waals surface area contributed by atoms with Crippen LogP contribution in [0, 0.1) is 6.92 Å². The van der Waals surface area contributed by atoms with Crippen molar-refractivity contribution in [1.82, 2.24) is 4.90 Å². The molecule has 2 aromatic rings. The zero-order valence-corrected chi connectivity index (χ0v) is 12.7. The third-order valence-corrected chi connectivity index (χ3v) is 4.76. The van der Waals surface area contributed by atoms with Gasteiger partial charge in [-0.1, -0.05) is 24.3 Å². The summed E-state index contributed by atoms with van der Waals surface area (Å²) >= 11 is 0. The van der Waals surface area contributed by atoms with Gasteiger partial charge in [0.2, 0.25) is 0 Å². The molecule has 1 amide bonds. The average molecular weight is 297 g/mol. The molecule has 2 heterocycles. The molecule has 4 rings (SSSR count). The molecule has 0 radical (unpaired) electrons. The van der Waals surface area contributed by atoms with Gasteiger partial charge in [0, 0.05) is 6.54 Å². The average Bonchev–Trinajstić information content (AvgIpc) is 3.12. The van der Waals surface area contributed by atoms with Gasteiger partial charge in [-0.15, -0.1) is 0 Å². The quantitative estimate of drug-likeness (QED) is 0.813. The third-order valence-electron chi connectivity index (χ3n) is 4.76. The molecule has 1 aromatic carbocycles. The maximum absolute atomic E-state index is 12.7. The number of fused-ring (bicyclic) bond motifs is 2. The van der Waals surface area contributed by atoms with Crippen LogP contribution >= 0.6 is 0 Å². The van der Waals surface area contributed by atoms with E-state index in [0.29, 0.717) is 25.3 Å². The van der Waals surface area contributed by atoms with Gasteiger partial charge in [0.25, 0.3) is 5.91 Å². The largest absolute Gasteiger partial charge is 0.469 e. The number of ether oxygens (including phenoxy) is 1. The van der Waals surface area contributed by atoms with Gasteiger partial charge in [-0.25, -0.2) is 0 Å². The lowest BCUT2D eigenvalue weighted by atomic mass is 9.93. The van der Waals surface area contributed by atoms with Gasteiger partial charge >= 0.3 is 0 Å². The minimum Gasteiger partial charge on any atom is -0.469 e. The van der Waals surface area contributed by atoms with Crippen LogP contribution in [0.5, 0.6) is 0 Å². The highest BCUT2D eigenvalue weighted by Gasteiger charge is 2.44. The van der Waals surface area contributed by atoms with E-state index < -0.39 is 0 Å². The Hall–Kier alpha value is -2.07. The normalized spacial score (nSPS) is 23.8. The molecular formula is C18H19NO3. The number of morpholine rings is 1. The molecule has 4 heteroatoms. The van der Waals surface area contributed by atoms with Gasteiger partial charge in [-0.3, -0.25) is 4.79 Å². The van der Waals surface area contributed by atoms with E-state index in [9.17, 15) is 4.79 Å². The number of carbonyl (C=O) groups is 1. The SMILES string of the molecule is Cc1cc(C(=O)N2CCOC3(CCc4ccccc43)C2)co1. The molecule has 1 aliphatic heterocycles. The first-order valence-electron chi connectivity index (χ1n) is 7.75. The van der Waals surface area contributed by atoms with Crippen molar-refractivity contribution in [2.24, 2.45) is 0 Å². The number of carbonyl (C=O) groups excluding carboxylic acids is 1. The second-order valence-electron chi connectivity index (χ2n) is 6.17. The minimum atomic E-state index is -0.330. The summed E-state index contributed by atoms with van der Waals surface area (Å²) in [7, 11) is 0. The monoisotopic (exact) mass is 297 g/mol. The Morgan fingerprint density at radius 1 is 1.32 bits per heavy atom. The van der Waals surface area contributed by atoms with Crippen LogP contribution in [0.1, 0.15) is 33.7 Å². The van der Waals surface area contributed by atoms with Crippen LogP contribution in [-0.4, -0.2) is 30.5 Å². The number of hydrogen-bond donors (Lipinski definition) is 0. The van der Waals surface area contributed by atoms with E-state index in [2.05, 4.69) is 24.3 Å². The summed E-state index contributed by atoms with van der Waals surface area (Å²) in [5.41, 5.74) is 2.89. The first-order valence-corrected chi connectivity index (χ1v) is 7.75. The van der Waals surface area contributed by atoms with Crippen LogP contribution in [0.4, 0.5) is 0 Å². The van der Waals surface area contributed by atoms with E-state index in [0.717, 1.165) is 18.6 Å². The number of rotatable bonds is 1. The van der Waals surface area contributed by atoms with Crippen LogP contribution in [0.2, 0.25) is 0 Å². The Morgan fingerprint density at radius 3 is 3.00 bits per heavy atom. The van der Waals surface area contributed by atoms with Gasteiger partial charge in [-0.05, 0) is 37.0 Å². The first kappa shape index (κ1) is 13.6. The van der Waals surface area contributed by atoms with E-state index >= 15 is 0 Å². The number of benzene rings is 1. The minimum absolute atomic E-state index is 0.0314. The summed E-state index contributed by atoms with van der Waals surface area (Å²) in [5.74, 6) is 0.793. The van der Waals surface area contributed by atoms with Gasteiger partial charge in [0.15, 0.2) is 0 Å². The summed E-state index contributed by atoms with van der Waals surface area (Å²) in [6.45, 7) is 3.68. The van der Waals surface area contributed by atoms with Crippen molar-refractivity contribution in [3.8, 4) is 0 Å². The second kappa shape index (κ2) is 4.99. The van der Waals surface area contributed by atoms with Crippen LogP contribution < -0.4 is 0 Å². The highest BCUT2D eigenvalue weighted by atomic mass is 16.5. The molecule has 1 spiro atoms. The lowest BCUT2D eigenvalue weighted by Crippen LogP contribution is -2.51. The molecule has 1 atom stereocenters. The lowest BCUT2D eigenvalue weighted by molar-refractivity contribution is -0.103. The zero-order valence-electron chi connectivity index (χ0n) is 12.7. The fourth-order valence-electron chi connectivity index (χ4n) is 3.66. The fourth-order valence-corrected chi connectivity index (χ4v) is 3.66. The Morgan fingerprint density at radius 2 is 2.18 bits per heavy atom. The molecular weight excluding hydrogens is 278 g/mol. The van der Waals surface area contributed by atoms with Crippen molar-refractivity contribution in [3.05, 3.63) is 59.0 Å². The molecule has 114 valence electrons. The van der Waals surface area contributed by atoms with Crippen molar-refractivity contribution in [3.63, 3.8) is 0 Å². The molecule has 1 aromatic heterocycles. The van der Waals surface area contributed by atoms with E-state index in [1.54, 1.807) is 12.3 Å². The predicted octanol–water partition coefficient (Wildman–Crippen LogP) is 2.90. The Labute approximate surface area is 129 Å². The smallest absolute Gasteiger partial charge is 0.257 e. The second-order valence-corrected chi connectivity index (χ2v) is 6.17. The highest BCUT2D eigenvalue weighted by molar-refractivity contribution is 5.94. The molecule has 0 N–H and O–H groups in total. The van der Waals surface area contributed by atoms with Crippen molar-refractivity contribution in [1.29, 1.82) is 0 Å². The number of hydrogen-bond acceptors (Lipinski definition) is 3. The number of aryl methyl sites for hydroxylation is 2. The van der Waals surface area contributed by atoms with Crippen LogP contribution in [-0.2, 0) is 16.8 Å². The van der Waals surface area contributed by atoms with Crippen molar-refractivity contribution < 1.29 is 13.9 Å². The lowest BCUT2D eigenvalue weighted by Gasteiger charge is -2.41. The number of furan rings is 1. The Balaban J connectivity index is 1.62. The fraction of sp³-hybridized carbons (Fsp3) is 0.389. The van der Waals surface area contributed by atoms with Crippen molar-refractivity contribution in [2.75, 3.05) is 19.7 Å². The predicted molar refractivity (Wildman–Crippen MR) is 81.7 cm³/mol. The van der Waals surface area contributed by atoms with Gasteiger partial charge in [-0.2, -0.15) is 0 Å². The maximum Gasteiger partial charge on any atom is 0.257 e. The number of amides is 1. The zero-order chi connectivity index (χ0) is 15.2. The third kappa shape index (κ3) is 2.06. The summed E-state index contributed by atoms with van der Waals surface area (Å²) in [4.78, 5) is 14.6. The van der Waals surface area contributed by atoms with Crippen LogP contribution in [0.3, 0.4) is 0 Å². The number of nitrogens with zero attached hydrogens (tertiary/aromatic N) is 1. The van der Waals surface area contributed by atoms with E-state index in [4.69, 9.17) is 9.15 Å². The summed E-state index contributed by atoms with van der Waals surface area (Å²) in [5, 5.41) is 0. The summed E-state index contributed by atoms with van der Waals surface area (Å²) in [6, 6.07) is 10.2. The molecule has 1 fully saturated rings. The molecule has 22 heavy (non-hydrogen) atoms. The van der Waals surface area contributed by atoms with Crippen LogP contribution in [0.15, 0.2) is 41.0 Å². The van der Waals surface area contributed by atoms with Gasteiger partial charge in [0.05, 0.1) is 18.7 Å². The molecule has 1 unspecified atom stereocenters.